The van der Waals surface area contributed by atoms with Crippen molar-refractivity contribution in [2.45, 2.75) is 25.7 Å². The van der Waals surface area contributed by atoms with Gasteiger partial charge in [0.2, 0.25) is 0 Å². The van der Waals surface area contributed by atoms with E-state index in [2.05, 4.69) is 46.3 Å². The van der Waals surface area contributed by atoms with Crippen molar-refractivity contribution < 1.29 is 0 Å². The number of benzene rings is 1. The van der Waals surface area contributed by atoms with Crippen molar-refractivity contribution in [1.29, 1.82) is 0 Å². The van der Waals surface area contributed by atoms with Gasteiger partial charge in [0.1, 0.15) is 0 Å². The van der Waals surface area contributed by atoms with Gasteiger partial charge in [0.15, 0.2) is 0 Å². The lowest BCUT2D eigenvalue weighted by Crippen LogP contribution is -1.82. The monoisotopic (exact) mass is 250 g/mol. The van der Waals surface area contributed by atoms with E-state index in [4.69, 9.17) is 0 Å². The number of hydrogen-bond acceptors (Lipinski definition) is 0. The predicted octanol–water partition coefficient (Wildman–Crippen LogP) is 3.97. The van der Waals surface area contributed by atoms with Crippen molar-refractivity contribution >= 4 is 22.0 Å². The molecule has 0 radical (unpaired) electrons. The molecule has 0 nitrogen and oxygen atoms in total. The molecule has 1 aromatic rings. The molecule has 0 heterocycles. The summed E-state index contributed by atoms with van der Waals surface area (Å²) in [5, 5.41) is 1.05. The van der Waals surface area contributed by atoms with Gasteiger partial charge in [0, 0.05) is 5.33 Å². The molecule has 14 heavy (non-hydrogen) atoms. The zero-order valence-electron chi connectivity index (χ0n) is 8.30. The Morgan fingerprint density at radius 1 is 1.21 bits per heavy atom. The average molecular weight is 251 g/mol. The van der Waals surface area contributed by atoms with E-state index < -0.39 is 0 Å². The molecule has 0 unspecified atom stereocenters. The summed E-state index contributed by atoms with van der Waals surface area (Å²) in [7, 11) is 0. The molecule has 0 N–H and O–H groups in total. The van der Waals surface area contributed by atoms with Crippen LogP contribution in [0.2, 0.25) is 0 Å². The second kappa shape index (κ2) is 4.79. The molecule has 1 aliphatic rings. The molecule has 0 saturated carbocycles. The molecule has 1 aromatic carbocycles. The van der Waals surface area contributed by atoms with Crippen LogP contribution in [0.3, 0.4) is 0 Å². The number of halogens is 1. The molecule has 0 amide bonds. The van der Waals surface area contributed by atoms with Crippen LogP contribution in [0.25, 0.3) is 6.08 Å². The molecule has 0 aliphatic heterocycles. The van der Waals surface area contributed by atoms with Crippen LogP contribution < -0.4 is 0 Å². The quantitative estimate of drug-likeness (QED) is 0.713. The van der Waals surface area contributed by atoms with Gasteiger partial charge < -0.3 is 0 Å². The lowest BCUT2D eigenvalue weighted by Gasteiger charge is -2.00. The first-order valence-electron chi connectivity index (χ1n) is 5.24. The fourth-order valence-corrected chi connectivity index (χ4v) is 2.24. The maximum Gasteiger partial charge on any atom is 0.00660 e. The highest BCUT2D eigenvalue weighted by molar-refractivity contribution is 9.09. The minimum absolute atomic E-state index is 1.05. The Labute approximate surface area is 94.2 Å². The van der Waals surface area contributed by atoms with Gasteiger partial charge in [-0.1, -0.05) is 46.3 Å². The zero-order chi connectivity index (χ0) is 9.80. The first kappa shape index (κ1) is 9.97. The largest absolute Gasteiger partial charge is 0.0925 e. The SMILES string of the molecule is BrCC/C=C/c1ccc2c(c1)CCC2. The van der Waals surface area contributed by atoms with E-state index in [1.807, 2.05) is 0 Å². The fraction of sp³-hybridized carbons (Fsp3) is 0.385. The van der Waals surface area contributed by atoms with Crippen molar-refractivity contribution in [3.05, 3.63) is 41.0 Å². The first-order valence-corrected chi connectivity index (χ1v) is 6.36. The summed E-state index contributed by atoms with van der Waals surface area (Å²) in [6.45, 7) is 0. The Hall–Kier alpha value is -0.560. The Morgan fingerprint density at radius 2 is 2.07 bits per heavy atom. The number of aryl methyl sites for hydroxylation is 2. The molecule has 1 heteroatoms. The van der Waals surface area contributed by atoms with Gasteiger partial charge in [-0.05, 0) is 42.4 Å². The molecule has 0 spiro atoms. The van der Waals surface area contributed by atoms with Crippen molar-refractivity contribution in [1.82, 2.24) is 0 Å². The highest BCUT2D eigenvalue weighted by Crippen LogP contribution is 2.23. The topological polar surface area (TPSA) is 0 Å². The third kappa shape index (κ3) is 2.27. The first-order chi connectivity index (χ1) is 6.90. The van der Waals surface area contributed by atoms with Crippen LogP contribution in [0.15, 0.2) is 24.3 Å². The van der Waals surface area contributed by atoms with Crippen LogP contribution in [0.5, 0.6) is 0 Å². The minimum Gasteiger partial charge on any atom is -0.0925 e. The summed E-state index contributed by atoms with van der Waals surface area (Å²) in [5.41, 5.74) is 4.47. The maximum atomic E-state index is 3.42. The summed E-state index contributed by atoms with van der Waals surface area (Å²) in [5.74, 6) is 0. The molecule has 0 fully saturated rings. The minimum atomic E-state index is 1.05. The van der Waals surface area contributed by atoms with E-state index in [1.165, 1.54) is 24.8 Å². The molecule has 2 rings (SSSR count). The second-order valence-electron chi connectivity index (χ2n) is 3.76. The lowest BCUT2D eigenvalue weighted by atomic mass is 10.1. The molecule has 0 saturated heterocycles. The maximum absolute atomic E-state index is 3.42. The van der Waals surface area contributed by atoms with Crippen LogP contribution in [-0.2, 0) is 12.8 Å². The van der Waals surface area contributed by atoms with Crippen LogP contribution in [0.1, 0.15) is 29.5 Å². The van der Waals surface area contributed by atoms with E-state index >= 15 is 0 Å². The number of fused-ring (bicyclic) bond motifs is 1. The van der Waals surface area contributed by atoms with Crippen LogP contribution in [0.4, 0.5) is 0 Å². The van der Waals surface area contributed by atoms with Gasteiger partial charge in [-0.3, -0.25) is 0 Å². The number of rotatable bonds is 3. The molecular formula is C13H15Br. The number of hydrogen-bond donors (Lipinski definition) is 0. The zero-order valence-corrected chi connectivity index (χ0v) is 9.89. The van der Waals surface area contributed by atoms with E-state index in [9.17, 15) is 0 Å². The fourth-order valence-electron chi connectivity index (χ4n) is 1.98. The third-order valence-corrected chi connectivity index (χ3v) is 3.17. The van der Waals surface area contributed by atoms with Crippen LogP contribution in [-0.4, -0.2) is 5.33 Å². The van der Waals surface area contributed by atoms with E-state index in [0.717, 1.165) is 11.8 Å². The van der Waals surface area contributed by atoms with Crippen molar-refractivity contribution in [3.8, 4) is 0 Å². The van der Waals surface area contributed by atoms with E-state index in [1.54, 1.807) is 11.1 Å². The van der Waals surface area contributed by atoms with Gasteiger partial charge in [-0.2, -0.15) is 0 Å². The predicted molar refractivity (Wildman–Crippen MR) is 65.9 cm³/mol. The molecule has 0 aromatic heterocycles. The summed E-state index contributed by atoms with van der Waals surface area (Å²) < 4.78 is 0. The molecule has 0 atom stereocenters. The number of allylic oxidation sites excluding steroid dienone is 1. The Morgan fingerprint density at radius 3 is 2.93 bits per heavy atom. The summed E-state index contributed by atoms with van der Waals surface area (Å²) in [4.78, 5) is 0. The Bertz CT molecular complexity index is 339. The van der Waals surface area contributed by atoms with Crippen molar-refractivity contribution in [2.24, 2.45) is 0 Å². The van der Waals surface area contributed by atoms with Crippen LogP contribution in [0, 0.1) is 0 Å². The normalized spacial score (nSPS) is 14.9. The van der Waals surface area contributed by atoms with E-state index in [0.29, 0.717) is 0 Å². The van der Waals surface area contributed by atoms with Gasteiger partial charge in [0.05, 0.1) is 0 Å². The van der Waals surface area contributed by atoms with Gasteiger partial charge >= 0.3 is 0 Å². The highest BCUT2D eigenvalue weighted by atomic mass is 79.9. The van der Waals surface area contributed by atoms with Gasteiger partial charge in [-0.25, -0.2) is 0 Å². The molecular weight excluding hydrogens is 236 g/mol. The van der Waals surface area contributed by atoms with Gasteiger partial charge in [0.25, 0.3) is 0 Å². The highest BCUT2D eigenvalue weighted by Gasteiger charge is 2.09. The third-order valence-electron chi connectivity index (χ3n) is 2.71. The Balaban J connectivity index is 2.12. The lowest BCUT2D eigenvalue weighted by molar-refractivity contribution is 0.912. The summed E-state index contributed by atoms with van der Waals surface area (Å²) in [6, 6.07) is 6.86. The molecule has 74 valence electrons. The molecule has 0 bridgehead atoms. The summed E-state index contributed by atoms with van der Waals surface area (Å²) in [6.07, 6.45) is 9.45. The van der Waals surface area contributed by atoms with Crippen molar-refractivity contribution in [3.63, 3.8) is 0 Å². The van der Waals surface area contributed by atoms with Gasteiger partial charge in [-0.15, -0.1) is 0 Å². The standard InChI is InChI=1S/C13H15Br/c14-9-2-1-4-11-7-8-12-5-3-6-13(12)10-11/h1,4,7-8,10H,2-3,5-6,9H2/b4-1+. The number of alkyl halides is 1. The van der Waals surface area contributed by atoms with E-state index in [-0.39, 0.29) is 0 Å². The van der Waals surface area contributed by atoms with Crippen molar-refractivity contribution in [2.75, 3.05) is 5.33 Å². The van der Waals surface area contributed by atoms with Crippen LogP contribution >= 0.6 is 15.9 Å². The Kier molecular flexibility index (Phi) is 3.41. The smallest absolute Gasteiger partial charge is 0.00660 e. The molecule has 1 aliphatic carbocycles. The summed E-state index contributed by atoms with van der Waals surface area (Å²) >= 11 is 3.42. The second-order valence-corrected chi connectivity index (χ2v) is 4.55. The average Bonchev–Trinajstić information content (AvgIpc) is 2.65.